The molecule has 0 bridgehead atoms. The van der Waals surface area contributed by atoms with Gasteiger partial charge in [0.05, 0.1) is 6.21 Å². The minimum Gasteiger partial charge on any atom is -0.312 e. The van der Waals surface area contributed by atoms with Crippen LogP contribution < -0.4 is 5.43 Å². The molecule has 3 aromatic rings. The SMILES string of the molecule is CC(/C=N\NC(=O)c1ccc(CSc2nncn2C)cc1)=C\c1ccccc1. The molecule has 0 fully saturated rings. The number of carbonyl (C=O) groups excluding carboxylic acids is 1. The predicted octanol–water partition coefficient (Wildman–Crippen LogP) is 3.93. The number of rotatable bonds is 7. The molecule has 0 aliphatic heterocycles. The highest BCUT2D eigenvalue weighted by atomic mass is 32.2. The Morgan fingerprint density at radius 1 is 1.18 bits per heavy atom. The van der Waals surface area contributed by atoms with Crippen molar-refractivity contribution in [3.05, 3.63) is 83.2 Å². The summed E-state index contributed by atoms with van der Waals surface area (Å²) < 4.78 is 1.87. The molecule has 6 nitrogen and oxygen atoms in total. The van der Waals surface area contributed by atoms with Gasteiger partial charge in [0.15, 0.2) is 5.16 Å². The Morgan fingerprint density at radius 3 is 2.61 bits per heavy atom. The Morgan fingerprint density at radius 2 is 1.93 bits per heavy atom. The maximum absolute atomic E-state index is 12.2. The van der Waals surface area contributed by atoms with Crippen LogP contribution in [-0.2, 0) is 12.8 Å². The Kier molecular flexibility index (Phi) is 6.75. The first kappa shape index (κ1) is 19.6. The fraction of sp³-hybridized carbons (Fsp3) is 0.143. The van der Waals surface area contributed by atoms with Gasteiger partial charge in [0.2, 0.25) is 0 Å². The first-order valence-electron chi connectivity index (χ1n) is 8.74. The molecule has 2 aromatic carbocycles. The third kappa shape index (κ3) is 5.65. The van der Waals surface area contributed by atoms with E-state index in [0.717, 1.165) is 27.6 Å². The summed E-state index contributed by atoms with van der Waals surface area (Å²) in [5, 5.41) is 12.8. The summed E-state index contributed by atoms with van der Waals surface area (Å²) in [7, 11) is 1.91. The molecular weight excluding hydrogens is 370 g/mol. The number of hydrazone groups is 1. The van der Waals surface area contributed by atoms with Crippen LogP contribution >= 0.6 is 11.8 Å². The minimum atomic E-state index is -0.240. The van der Waals surface area contributed by atoms with Crippen molar-refractivity contribution in [3.8, 4) is 0 Å². The van der Waals surface area contributed by atoms with Crippen molar-refractivity contribution < 1.29 is 4.79 Å². The zero-order chi connectivity index (χ0) is 19.8. The van der Waals surface area contributed by atoms with Crippen molar-refractivity contribution in [2.45, 2.75) is 17.8 Å². The topological polar surface area (TPSA) is 72.2 Å². The summed E-state index contributed by atoms with van der Waals surface area (Å²) in [6.45, 7) is 1.94. The number of hydrogen-bond acceptors (Lipinski definition) is 5. The smallest absolute Gasteiger partial charge is 0.271 e. The van der Waals surface area contributed by atoms with Gasteiger partial charge in [-0.25, -0.2) is 5.43 Å². The summed E-state index contributed by atoms with van der Waals surface area (Å²) in [4.78, 5) is 12.2. The van der Waals surface area contributed by atoms with Gasteiger partial charge in [-0.2, -0.15) is 5.10 Å². The van der Waals surface area contributed by atoms with Gasteiger partial charge in [0, 0.05) is 18.4 Å². The molecule has 1 heterocycles. The second kappa shape index (κ2) is 9.66. The number of benzene rings is 2. The van der Waals surface area contributed by atoms with Gasteiger partial charge < -0.3 is 4.57 Å². The quantitative estimate of drug-likeness (QED) is 0.376. The molecule has 1 amide bonds. The monoisotopic (exact) mass is 391 g/mol. The van der Waals surface area contributed by atoms with E-state index in [1.54, 1.807) is 36.4 Å². The maximum Gasteiger partial charge on any atom is 0.271 e. The molecule has 7 heteroatoms. The standard InChI is InChI=1S/C21H21N5OS/c1-16(12-17-6-4-3-5-7-17)13-22-24-20(27)19-10-8-18(9-11-19)14-28-21-25-23-15-26(21)2/h3-13,15H,14H2,1-2H3,(H,24,27)/b16-12+,22-13-. The summed E-state index contributed by atoms with van der Waals surface area (Å²) >= 11 is 1.60. The van der Waals surface area contributed by atoms with Crippen LogP contribution in [0.15, 0.2) is 76.8 Å². The molecule has 1 aromatic heterocycles. The van der Waals surface area contributed by atoms with Gasteiger partial charge in [-0.1, -0.05) is 60.3 Å². The molecule has 0 aliphatic carbocycles. The Labute approximate surface area is 168 Å². The number of thioether (sulfide) groups is 1. The van der Waals surface area contributed by atoms with Crippen LogP contribution in [0.2, 0.25) is 0 Å². The average Bonchev–Trinajstić information content (AvgIpc) is 3.12. The van der Waals surface area contributed by atoms with E-state index in [-0.39, 0.29) is 5.91 Å². The van der Waals surface area contributed by atoms with Crippen LogP contribution in [-0.4, -0.2) is 26.9 Å². The van der Waals surface area contributed by atoms with Crippen LogP contribution in [0.3, 0.4) is 0 Å². The Balaban J connectivity index is 1.51. The lowest BCUT2D eigenvalue weighted by Gasteiger charge is -2.03. The second-order valence-electron chi connectivity index (χ2n) is 6.21. The van der Waals surface area contributed by atoms with E-state index >= 15 is 0 Å². The fourth-order valence-electron chi connectivity index (χ4n) is 2.41. The molecule has 0 unspecified atom stereocenters. The number of hydrogen-bond donors (Lipinski definition) is 1. The molecule has 1 N–H and O–H groups in total. The fourth-order valence-corrected chi connectivity index (χ4v) is 3.25. The van der Waals surface area contributed by atoms with Crippen LogP contribution in [0.5, 0.6) is 0 Å². The molecule has 0 atom stereocenters. The van der Waals surface area contributed by atoms with E-state index in [4.69, 9.17) is 0 Å². The van der Waals surface area contributed by atoms with Crippen LogP contribution in [0.1, 0.15) is 28.4 Å². The van der Waals surface area contributed by atoms with Gasteiger partial charge in [0.1, 0.15) is 6.33 Å². The van der Waals surface area contributed by atoms with Crippen molar-refractivity contribution >= 4 is 30.0 Å². The van der Waals surface area contributed by atoms with E-state index in [9.17, 15) is 4.79 Å². The van der Waals surface area contributed by atoms with Gasteiger partial charge in [-0.3, -0.25) is 4.79 Å². The lowest BCUT2D eigenvalue weighted by atomic mass is 10.1. The molecular formula is C21H21N5OS. The number of allylic oxidation sites excluding steroid dienone is 1. The van der Waals surface area contributed by atoms with Crippen LogP contribution in [0, 0.1) is 0 Å². The highest BCUT2D eigenvalue weighted by molar-refractivity contribution is 7.98. The lowest BCUT2D eigenvalue weighted by molar-refractivity contribution is 0.0955. The van der Waals surface area contributed by atoms with Crippen LogP contribution in [0.25, 0.3) is 6.08 Å². The van der Waals surface area contributed by atoms with E-state index in [1.165, 1.54) is 0 Å². The molecule has 0 spiro atoms. The third-order valence-electron chi connectivity index (χ3n) is 3.88. The minimum absolute atomic E-state index is 0.240. The van der Waals surface area contributed by atoms with Gasteiger partial charge in [0.25, 0.3) is 5.91 Å². The lowest BCUT2D eigenvalue weighted by Crippen LogP contribution is -2.17. The number of aromatic nitrogens is 3. The molecule has 0 saturated heterocycles. The second-order valence-corrected chi connectivity index (χ2v) is 7.15. The number of nitrogens with one attached hydrogen (secondary N) is 1. The summed E-state index contributed by atoms with van der Waals surface area (Å²) in [5.74, 6) is 0.520. The molecule has 142 valence electrons. The van der Waals surface area contributed by atoms with Gasteiger partial charge in [-0.15, -0.1) is 10.2 Å². The molecule has 3 rings (SSSR count). The van der Waals surface area contributed by atoms with Gasteiger partial charge in [-0.05, 0) is 35.8 Å². The van der Waals surface area contributed by atoms with E-state index in [1.807, 2.05) is 67.1 Å². The number of amides is 1. The van der Waals surface area contributed by atoms with Crippen molar-refractivity contribution in [2.24, 2.45) is 12.1 Å². The first-order valence-corrected chi connectivity index (χ1v) is 9.73. The molecule has 28 heavy (non-hydrogen) atoms. The highest BCUT2D eigenvalue weighted by Gasteiger charge is 2.06. The Bertz CT molecular complexity index is 978. The predicted molar refractivity (Wildman–Crippen MR) is 113 cm³/mol. The number of aryl methyl sites for hydroxylation is 1. The van der Waals surface area contributed by atoms with Crippen molar-refractivity contribution in [2.75, 3.05) is 0 Å². The Hall–Kier alpha value is -3.19. The normalized spacial score (nSPS) is 11.7. The largest absolute Gasteiger partial charge is 0.312 e. The zero-order valence-electron chi connectivity index (χ0n) is 15.7. The van der Waals surface area contributed by atoms with Crippen molar-refractivity contribution in [3.63, 3.8) is 0 Å². The molecule has 0 radical (unpaired) electrons. The summed E-state index contributed by atoms with van der Waals surface area (Å²) in [6, 6.07) is 17.4. The molecule has 0 aliphatic rings. The highest BCUT2D eigenvalue weighted by Crippen LogP contribution is 2.20. The average molecular weight is 392 g/mol. The van der Waals surface area contributed by atoms with Crippen molar-refractivity contribution in [1.82, 2.24) is 20.2 Å². The zero-order valence-corrected chi connectivity index (χ0v) is 16.6. The van der Waals surface area contributed by atoms with Gasteiger partial charge >= 0.3 is 0 Å². The number of nitrogens with zero attached hydrogens (tertiary/aromatic N) is 4. The van der Waals surface area contributed by atoms with Crippen LogP contribution in [0.4, 0.5) is 0 Å². The van der Waals surface area contributed by atoms with E-state index in [0.29, 0.717) is 5.56 Å². The number of carbonyl (C=O) groups is 1. The third-order valence-corrected chi connectivity index (χ3v) is 4.99. The maximum atomic E-state index is 12.2. The van der Waals surface area contributed by atoms with E-state index < -0.39 is 0 Å². The van der Waals surface area contributed by atoms with Crippen molar-refractivity contribution in [1.29, 1.82) is 0 Å². The summed E-state index contributed by atoms with van der Waals surface area (Å²) in [6.07, 6.45) is 5.31. The summed E-state index contributed by atoms with van der Waals surface area (Å²) in [5.41, 5.74) is 6.27. The van der Waals surface area contributed by atoms with E-state index in [2.05, 4.69) is 20.7 Å². The first-order chi connectivity index (χ1) is 13.6. The molecule has 0 saturated carbocycles.